The van der Waals surface area contributed by atoms with E-state index >= 15 is 0 Å². The topological polar surface area (TPSA) is 75.7 Å². The van der Waals surface area contributed by atoms with E-state index in [1.165, 1.54) is 6.07 Å². The Bertz CT molecular complexity index is 801. The molecular weight excluding hydrogens is 372 g/mol. The van der Waals surface area contributed by atoms with Crippen LogP contribution in [0.1, 0.15) is 18.4 Å². The molecule has 1 amide bonds. The van der Waals surface area contributed by atoms with Crippen LogP contribution in [0.5, 0.6) is 0 Å². The number of carbonyl (C=O) groups is 1. The molecule has 1 saturated heterocycles. The molecule has 2 aromatic rings. The van der Waals surface area contributed by atoms with Crippen LogP contribution in [0.3, 0.4) is 0 Å². The van der Waals surface area contributed by atoms with Crippen molar-refractivity contribution < 1.29 is 17.9 Å². The fourth-order valence-electron chi connectivity index (χ4n) is 2.85. The molecule has 1 aliphatic rings. The van der Waals surface area contributed by atoms with Crippen LogP contribution < -0.4 is 4.72 Å². The zero-order valence-corrected chi connectivity index (χ0v) is 16.0. The van der Waals surface area contributed by atoms with Gasteiger partial charge in [-0.2, -0.15) is 0 Å². The van der Waals surface area contributed by atoms with Crippen molar-refractivity contribution in [2.24, 2.45) is 0 Å². The molecule has 8 heteroatoms. The number of hydrogen-bond acceptors (Lipinski definition) is 5. The maximum Gasteiger partial charge on any atom is 0.250 e. The highest BCUT2D eigenvalue weighted by molar-refractivity contribution is 7.91. The van der Waals surface area contributed by atoms with Gasteiger partial charge in [0.2, 0.25) is 5.91 Å². The van der Waals surface area contributed by atoms with E-state index in [4.69, 9.17) is 4.74 Å². The first-order chi connectivity index (χ1) is 12.5. The van der Waals surface area contributed by atoms with Gasteiger partial charge in [0.25, 0.3) is 10.0 Å². The van der Waals surface area contributed by atoms with Crippen molar-refractivity contribution in [3.8, 4) is 0 Å². The Morgan fingerprint density at radius 2 is 2.04 bits per heavy atom. The van der Waals surface area contributed by atoms with Crippen molar-refractivity contribution in [3.63, 3.8) is 0 Å². The number of nitrogens with zero attached hydrogens (tertiary/aromatic N) is 1. The molecule has 26 heavy (non-hydrogen) atoms. The summed E-state index contributed by atoms with van der Waals surface area (Å²) in [7, 11) is -3.66. The van der Waals surface area contributed by atoms with E-state index in [0.29, 0.717) is 19.7 Å². The van der Waals surface area contributed by atoms with Gasteiger partial charge in [-0.1, -0.05) is 36.4 Å². The maximum absolute atomic E-state index is 12.7. The van der Waals surface area contributed by atoms with Gasteiger partial charge in [0, 0.05) is 19.7 Å². The van der Waals surface area contributed by atoms with E-state index in [1.807, 2.05) is 30.3 Å². The molecule has 0 bridgehead atoms. The van der Waals surface area contributed by atoms with Crippen LogP contribution in [0.15, 0.2) is 52.1 Å². The molecule has 2 heterocycles. The van der Waals surface area contributed by atoms with Gasteiger partial charge in [-0.05, 0) is 29.9 Å². The molecule has 1 aliphatic heterocycles. The minimum atomic E-state index is -3.66. The number of rotatable bonds is 8. The van der Waals surface area contributed by atoms with Crippen molar-refractivity contribution >= 4 is 27.3 Å². The molecule has 0 spiro atoms. The second kappa shape index (κ2) is 8.77. The van der Waals surface area contributed by atoms with Crippen LogP contribution in [0.25, 0.3) is 0 Å². The Labute approximate surface area is 157 Å². The Morgan fingerprint density at radius 3 is 2.69 bits per heavy atom. The smallest absolute Gasteiger partial charge is 0.250 e. The molecular formula is C18H22N2O4S2. The molecule has 3 rings (SSSR count). The molecule has 6 nitrogen and oxygen atoms in total. The molecule has 140 valence electrons. The normalized spacial score (nSPS) is 17.3. The minimum absolute atomic E-state index is 0.0107. The van der Waals surface area contributed by atoms with Gasteiger partial charge in [0.15, 0.2) is 0 Å². The zero-order chi connectivity index (χ0) is 18.4. The van der Waals surface area contributed by atoms with Crippen LogP contribution in [-0.4, -0.2) is 45.0 Å². The summed E-state index contributed by atoms with van der Waals surface area (Å²) in [6.07, 6.45) is 1.92. The summed E-state index contributed by atoms with van der Waals surface area (Å²) in [5, 5.41) is 1.69. The Hall–Kier alpha value is -1.74. The van der Waals surface area contributed by atoms with Gasteiger partial charge in [-0.25, -0.2) is 13.1 Å². The minimum Gasteiger partial charge on any atom is -0.376 e. The monoisotopic (exact) mass is 394 g/mol. The lowest BCUT2D eigenvalue weighted by molar-refractivity contribution is -0.132. The molecule has 1 aromatic heterocycles. The number of sulfonamides is 1. The van der Waals surface area contributed by atoms with Gasteiger partial charge in [-0.15, -0.1) is 11.3 Å². The second-order valence-electron chi connectivity index (χ2n) is 6.15. The van der Waals surface area contributed by atoms with Crippen LogP contribution in [0.4, 0.5) is 0 Å². The zero-order valence-electron chi connectivity index (χ0n) is 14.3. The summed E-state index contributed by atoms with van der Waals surface area (Å²) < 4.78 is 32.7. The number of amides is 1. The van der Waals surface area contributed by atoms with E-state index in [-0.39, 0.29) is 22.8 Å². The average molecular weight is 395 g/mol. The quantitative estimate of drug-likeness (QED) is 0.745. The maximum atomic E-state index is 12.7. The Morgan fingerprint density at radius 1 is 1.23 bits per heavy atom. The number of carbonyl (C=O) groups excluding carboxylic acids is 1. The standard InChI is InChI=1S/C18H22N2O4S2/c21-17(12-19-26(22,23)18-9-5-11-25-18)20(14-16-8-4-10-24-16)13-15-6-2-1-3-7-15/h1-3,5-7,9,11,16,19H,4,8,10,12-14H2. The number of ether oxygens (including phenoxy) is 1. The highest BCUT2D eigenvalue weighted by atomic mass is 32.2. The largest absolute Gasteiger partial charge is 0.376 e. The van der Waals surface area contributed by atoms with Gasteiger partial charge >= 0.3 is 0 Å². The number of thiophene rings is 1. The Balaban J connectivity index is 1.65. The highest BCUT2D eigenvalue weighted by Gasteiger charge is 2.24. The fourth-order valence-corrected chi connectivity index (χ4v) is 4.86. The lowest BCUT2D eigenvalue weighted by Gasteiger charge is -2.25. The fraction of sp³-hybridized carbons (Fsp3) is 0.389. The summed E-state index contributed by atoms with van der Waals surface area (Å²) in [6.45, 7) is 1.34. The van der Waals surface area contributed by atoms with Crippen LogP contribution >= 0.6 is 11.3 Å². The van der Waals surface area contributed by atoms with Gasteiger partial charge in [0.05, 0.1) is 12.6 Å². The van der Waals surface area contributed by atoms with Crippen molar-refractivity contribution in [3.05, 3.63) is 53.4 Å². The molecule has 1 atom stereocenters. The number of benzene rings is 1. The first-order valence-corrected chi connectivity index (χ1v) is 10.9. The molecule has 1 fully saturated rings. The van der Waals surface area contributed by atoms with Crippen molar-refractivity contribution in [2.45, 2.75) is 29.7 Å². The van der Waals surface area contributed by atoms with Crippen molar-refractivity contribution in [1.29, 1.82) is 0 Å². The summed E-state index contributed by atoms with van der Waals surface area (Å²) in [6, 6.07) is 12.8. The van der Waals surface area contributed by atoms with Crippen molar-refractivity contribution in [1.82, 2.24) is 9.62 Å². The van der Waals surface area contributed by atoms with Crippen LogP contribution in [0.2, 0.25) is 0 Å². The summed E-state index contributed by atoms with van der Waals surface area (Å²) in [4.78, 5) is 14.4. The molecule has 0 saturated carbocycles. The van der Waals surface area contributed by atoms with E-state index in [2.05, 4.69) is 4.72 Å². The molecule has 1 N–H and O–H groups in total. The lowest BCUT2D eigenvalue weighted by Crippen LogP contribution is -2.43. The van der Waals surface area contributed by atoms with Gasteiger partial charge in [-0.3, -0.25) is 4.79 Å². The molecule has 0 aliphatic carbocycles. The molecule has 0 radical (unpaired) electrons. The first-order valence-electron chi connectivity index (χ1n) is 8.51. The third-order valence-corrected chi connectivity index (χ3v) is 6.99. The predicted molar refractivity (Wildman–Crippen MR) is 100 cm³/mol. The lowest BCUT2D eigenvalue weighted by atomic mass is 10.2. The summed E-state index contributed by atoms with van der Waals surface area (Å²) in [5.41, 5.74) is 1.000. The molecule has 1 aromatic carbocycles. The number of hydrogen-bond donors (Lipinski definition) is 1. The Kier molecular flexibility index (Phi) is 6.42. The average Bonchev–Trinajstić information content (AvgIpc) is 3.34. The van der Waals surface area contributed by atoms with E-state index < -0.39 is 10.0 Å². The second-order valence-corrected chi connectivity index (χ2v) is 9.09. The van der Waals surface area contributed by atoms with E-state index in [9.17, 15) is 13.2 Å². The molecule has 1 unspecified atom stereocenters. The van der Waals surface area contributed by atoms with Crippen LogP contribution in [0, 0.1) is 0 Å². The first kappa shape index (κ1) is 19.0. The van der Waals surface area contributed by atoms with Crippen LogP contribution in [-0.2, 0) is 26.1 Å². The third-order valence-electron chi connectivity index (χ3n) is 4.19. The van der Waals surface area contributed by atoms with E-state index in [0.717, 1.165) is 29.7 Å². The predicted octanol–water partition coefficient (Wildman–Crippen LogP) is 2.23. The SMILES string of the molecule is O=C(CNS(=O)(=O)c1cccs1)N(Cc1ccccc1)CC1CCCO1. The van der Waals surface area contributed by atoms with E-state index in [1.54, 1.807) is 16.3 Å². The third kappa shape index (κ3) is 5.14. The van der Waals surface area contributed by atoms with Gasteiger partial charge < -0.3 is 9.64 Å². The highest BCUT2D eigenvalue weighted by Crippen LogP contribution is 2.17. The van der Waals surface area contributed by atoms with Gasteiger partial charge in [0.1, 0.15) is 4.21 Å². The van der Waals surface area contributed by atoms with Crippen molar-refractivity contribution in [2.75, 3.05) is 19.7 Å². The summed E-state index contributed by atoms with van der Waals surface area (Å²) in [5.74, 6) is -0.260. The summed E-state index contributed by atoms with van der Waals surface area (Å²) >= 11 is 1.12. The number of nitrogens with one attached hydrogen (secondary N) is 1.